The molecule has 1 heterocycles. The van der Waals surface area contributed by atoms with E-state index < -0.39 is 17.6 Å². The van der Waals surface area contributed by atoms with Gasteiger partial charge in [-0.15, -0.1) is 0 Å². The Morgan fingerprint density at radius 2 is 1.50 bits per heavy atom. The van der Waals surface area contributed by atoms with Crippen molar-refractivity contribution in [3.63, 3.8) is 0 Å². The monoisotopic (exact) mass is 330 g/mol. The van der Waals surface area contributed by atoms with Gasteiger partial charge >= 0.3 is 6.18 Å². The van der Waals surface area contributed by atoms with Crippen molar-refractivity contribution in [2.75, 3.05) is 5.01 Å². The molecule has 1 unspecified atom stereocenters. The standard InChI is InChI=1S/C19H17F3N2/c20-19(21,22)18(15-11-12-15)13-17(14-7-3-1-4-8-14)23-24(18)16-9-5-2-6-10-16/h1-10,15H,11-13H2. The van der Waals surface area contributed by atoms with Crippen molar-refractivity contribution in [1.29, 1.82) is 0 Å². The molecule has 1 fully saturated rings. The summed E-state index contributed by atoms with van der Waals surface area (Å²) in [5, 5.41) is 5.67. The maximum atomic E-state index is 14.2. The molecule has 0 bridgehead atoms. The summed E-state index contributed by atoms with van der Waals surface area (Å²) in [5.41, 5.74) is -0.180. The number of para-hydroxylation sites is 1. The highest BCUT2D eigenvalue weighted by Crippen LogP contribution is 2.57. The number of hydrogen-bond donors (Lipinski definition) is 0. The molecule has 0 radical (unpaired) electrons. The van der Waals surface area contributed by atoms with Crippen molar-refractivity contribution in [3.8, 4) is 0 Å². The summed E-state index contributed by atoms with van der Waals surface area (Å²) in [4.78, 5) is 0. The van der Waals surface area contributed by atoms with Gasteiger partial charge in [0, 0.05) is 6.42 Å². The van der Waals surface area contributed by atoms with Crippen LogP contribution in [0.2, 0.25) is 0 Å². The van der Waals surface area contributed by atoms with E-state index in [1.807, 2.05) is 30.3 Å². The van der Waals surface area contributed by atoms with Crippen LogP contribution in [-0.2, 0) is 0 Å². The SMILES string of the molecule is FC(F)(F)C1(C2CC2)CC(c2ccccc2)=NN1c1ccccc1. The Morgan fingerprint density at radius 1 is 0.917 bits per heavy atom. The van der Waals surface area contributed by atoms with Crippen LogP contribution in [-0.4, -0.2) is 17.4 Å². The molecule has 0 saturated heterocycles. The van der Waals surface area contributed by atoms with Gasteiger partial charge in [0.2, 0.25) is 0 Å². The van der Waals surface area contributed by atoms with Crippen molar-refractivity contribution >= 4 is 11.4 Å². The smallest absolute Gasteiger partial charge is 0.249 e. The van der Waals surface area contributed by atoms with Crippen LogP contribution in [0.1, 0.15) is 24.8 Å². The minimum atomic E-state index is -4.34. The van der Waals surface area contributed by atoms with Gasteiger partial charge in [-0.1, -0.05) is 48.5 Å². The Hall–Kier alpha value is -2.30. The second-order valence-electron chi connectivity index (χ2n) is 6.43. The van der Waals surface area contributed by atoms with Gasteiger partial charge < -0.3 is 0 Å². The molecule has 0 amide bonds. The molecule has 4 rings (SSSR count). The van der Waals surface area contributed by atoms with Crippen molar-refractivity contribution in [1.82, 2.24) is 0 Å². The molecule has 2 nitrogen and oxygen atoms in total. The number of halogens is 3. The lowest BCUT2D eigenvalue weighted by molar-refractivity contribution is -0.189. The molecule has 2 aromatic rings. The average molecular weight is 330 g/mol. The lowest BCUT2D eigenvalue weighted by atomic mass is 9.85. The van der Waals surface area contributed by atoms with E-state index in [0.717, 1.165) is 5.56 Å². The third kappa shape index (κ3) is 2.30. The van der Waals surface area contributed by atoms with E-state index in [1.54, 1.807) is 30.3 Å². The van der Waals surface area contributed by atoms with Gasteiger partial charge in [0.15, 0.2) is 5.54 Å². The molecule has 1 aliphatic carbocycles. The van der Waals surface area contributed by atoms with Gasteiger partial charge in [0.05, 0.1) is 11.4 Å². The minimum absolute atomic E-state index is 0.0971. The summed E-state index contributed by atoms with van der Waals surface area (Å²) in [7, 11) is 0. The van der Waals surface area contributed by atoms with E-state index in [2.05, 4.69) is 5.10 Å². The molecule has 0 aromatic heterocycles. The number of alkyl halides is 3. The fraction of sp³-hybridized carbons (Fsp3) is 0.316. The highest BCUT2D eigenvalue weighted by Gasteiger charge is 2.68. The number of benzene rings is 2. The van der Waals surface area contributed by atoms with Crippen molar-refractivity contribution in [2.45, 2.75) is 31.0 Å². The molecule has 5 heteroatoms. The fourth-order valence-corrected chi connectivity index (χ4v) is 3.55. The highest BCUT2D eigenvalue weighted by atomic mass is 19.4. The lowest BCUT2D eigenvalue weighted by Crippen LogP contribution is -2.57. The first-order valence-corrected chi connectivity index (χ1v) is 8.07. The van der Waals surface area contributed by atoms with E-state index in [0.29, 0.717) is 24.2 Å². The van der Waals surface area contributed by atoms with Crippen LogP contribution in [0.3, 0.4) is 0 Å². The molecule has 1 atom stereocenters. The van der Waals surface area contributed by atoms with Gasteiger partial charge in [-0.05, 0) is 36.5 Å². The van der Waals surface area contributed by atoms with Crippen LogP contribution >= 0.6 is 0 Å². The Labute approximate surface area is 138 Å². The zero-order chi connectivity index (χ0) is 16.8. The van der Waals surface area contributed by atoms with Crippen molar-refractivity contribution in [2.24, 2.45) is 11.0 Å². The molecule has 2 aliphatic rings. The number of rotatable bonds is 3. The normalized spacial score (nSPS) is 24.1. The zero-order valence-corrected chi connectivity index (χ0v) is 13.0. The summed E-state index contributed by atoms with van der Waals surface area (Å²) in [6, 6.07) is 17.8. The summed E-state index contributed by atoms with van der Waals surface area (Å²) in [5.74, 6) is -0.400. The summed E-state index contributed by atoms with van der Waals surface area (Å²) in [6.07, 6.45) is -3.25. The maximum absolute atomic E-state index is 14.2. The fourth-order valence-electron chi connectivity index (χ4n) is 3.55. The first kappa shape index (κ1) is 15.2. The first-order valence-electron chi connectivity index (χ1n) is 8.07. The summed E-state index contributed by atoms with van der Waals surface area (Å²) >= 11 is 0. The Bertz CT molecular complexity index is 751. The molecule has 0 spiro atoms. The first-order chi connectivity index (χ1) is 11.5. The molecule has 1 aliphatic heterocycles. The predicted molar refractivity (Wildman–Crippen MR) is 88.0 cm³/mol. The Morgan fingerprint density at radius 3 is 2.04 bits per heavy atom. The van der Waals surface area contributed by atoms with Crippen LogP contribution in [0, 0.1) is 5.92 Å². The molecule has 24 heavy (non-hydrogen) atoms. The summed E-state index contributed by atoms with van der Waals surface area (Å²) < 4.78 is 42.6. The zero-order valence-electron chi connectivity index (χ0n) is 13.0. The lowest BCUT2D eigenvalue weighted by Gasteiger charge is -2.39. The van der Waals surface area contributed by atoms with E-state index >= 15 is 0 Å². The number of anilines is 1. The van der Waals surface area contributed by atoms with Gasteiger partial charge in [-0.25, -0.2) is 5.01 Å². The molecule has 1 saturated carbocycles. The molecule has 0 N–H and O–H groups in total. The van der Waals surface area contributed by atoms with Crippen LogP contribution in [0.5, 0.6) is 0 Å². The Kier molecular flexibility index (Phi) is 3.41. The highest BCUT2D eigenvalue weighted by molar-refractivity contribution is 6.04. The third-order valence-electron chi connectivity index (χ3n) is 4.89. The molecular weight excluding hydrogens is 313 g/mol. The quantitative estimate of drug-likeness (QED) is 0.772. The van der Waals surface area contributed by atoms with Crippen LogP contribution in [0.15, 0.2) is 65.8 Å². The van der Waals surface area contributed by atoms with E-state index in [4.69, 9.17) is 0 Å². The predicted octanol–water partition coefficient (Wildman–Crippen LogP) is 5.01. The molecule has 2 aromatic carbocycles. The average Bonchev–Trinajstić information content (AvgIpc) is 3.35. The van der Waals surface area contributed by atoms with Gasteiger partial charge in [-0.3, -0.25) is 0 Å². The second-order valence-corrected chi connectivity index (χ2v) is 6.43. The molecular formula is C19H17F3N2. The second kappa shape index (κ2) is 5.36. The third-order valence-corrected chi connectivity index (χ3v) is 4.89. The number of nitrogens with zero attached hydrogens (tertiary/aromatic N) is 2. The number of hydrogen-bond acceptors (Lipinski definition) is 2. The van der Waals surface area contributed by atoms with E-state index in [9.17, 15) is 13.2 Å². The van der Waals surface area contributed by atoms with Gasteiger partial charge in [0.25, 0.3) is 0 Å². The van der Waals surface area contributed by atoms with Crippen molar-refractivity contribution < 1.29 is 13.2 Å². The minimum Gasteiger partial charge on any atom is -0.249 e. The van der Waals surface area contributed by atoms with Crippen LogP contribution in [0.4, 0.5) is 18.9 Å². The summed E-state index contributed by atoms with van der Waals surface area (Å²) in [6.45, 7) is 0. The molecule has 124 valence electrons. The van der Waals surface area contributed by atoms with Gasteiger partial charge in [-0.2, -0.15) is 18.3 Å². The van der Waals surface area contributed by atoms with Gasteiger partial charge in [0.1, 0.15) is 0 Å². The number of hydrazone groups is 1. The largest absolute Gasteiger partial charge is 0.414 e. The van der Waals surface area contributed by atoms with E-state index in [1.165, 1.54) is 5.01 Å². The van der Waals surface area contributed by atoms with Crippen LogP contribution in [0.25, 0.3) is 0 Å². The topological polar surface area (TPSA) is 15.6 Å². The van der Waals surface area contributed by atoms with Crippen LogP contribution < -0.4 is 5.01 Å². The van der Waals surface area contributed by atoms with E-state index in [-0.39, 0.29) is 6.42 Å². The Balaban J connectivity index is 1.85. The maximum Gasteiger partial charge on any atom is 0.414 e. The van der Waals surface area contributed by atoms with Crippen molar-refractivity contribution in [3.05, 3.63) is 66.2 Å².